The predicted octanol–water partition coefficient (Wildman–Crippen LogP) is 2.23. The van der Waals surface area contributed by atoms with Crippen molar-refractivity contribution in [1.29, 1.82) is 0 Å². The van der Waals surface area contributed by atoms with Crippen LogP contribution in [0.25, 0.3) is 0 Å². The second-order valence-corrected chi connectivity index (χ2v) is 4.81. The van der Waals surface area contributed by atoms with Crippen LogP contribution in [0.2, 0.25) is 0 Å². The zero-order valence-electron chi connectivity index (χ0n) is 10.7. The van der Waals surface area contributed by atoms with E-state index in [4.69, 9.17) is 4.74 Å². The zero-order chi connectivity index (χ0) is 13.0. The van der Waals surface area contributed by atoms with Crippen LogP contribution in [-0.2, 0) is 6.54 Å². The summed E-state index contributed by atoms with van der Waals surface area (Å²) >= 11 is 0. The molecule has 1 saturated carbocycles. The van der Waals surface area contributed by atoms with Crippen molar-refractivity contribution in [1.82, 2.24) is 5.32 Å². The first-order chi connectivity index (χ1) is 8.70. The van der Waals surface area contributed by atoms with E-state index in [1.807, 2.05) is 6.07 Å². The lowest BCUT2D eigenvalue weighted by atomic mass is 9.92. The lowest BCUT2D eigenvalue weighted by Gasteiger charge is -2.28. The molecule has 0 saturated heterocycles. The summed E-state index contributed by atoms with van der Waals surface area (Å²) in [5.41, 5.74) is 0.867. The lowest BCUT2D eigenvalue weighted by molar-refractivity contribution is 0.0902. The van der Waals surface area contributed by atoms with Gasteiger partial charge < -0.3 is 15.2 Å². The van der Waals surface area contributed by atoms with Gasteiger partial charge in [0, 0.05) is 12.6 Å². The molecule has 0 heterocycles. The van der Waals surface area contributed by atoms with Gasteiger partial charge in [-0.3, -0.25) is 0 Å². The zero-order valence-corrected chi connectivity index (χ0v) is 10.7. The molecule has 1 aromatic rings. The highest BCUT2D eigenvalue weighted by Crippen LogP contribution is 2.20. The first-order valence-corrected chi connectivity index (χ1v) is 6.44. The molecular weight excluding hydrogens is 233 g/mol. The molecule has 1 fully saturated rings. The fourth-order valence-electron chi connectivity index (χ4n) is 2.42. The van der Waals surface area contributed by atoms with Gasteiger partial charge in [-0.1, -0.05) is 18.9 Å². The van der Waals surface area contributed by atoms with Gasteiger partial charge in [0.15, 0.2) is 11.6 Å². The Morgan fingerprint density at radius 2 is 2.17 bits per heavy atom. The first-order valence-electron chi connectivity index (χ1n) is 6.44. The third-order valence-electron chi connectivity index (χ3n) is 3.51. The van der Waals surface area contributed by atoms with E-state index in [2.05, 4.69) is 5.32 Å². The van der Waals surface area contributed by atoms with E-state index in [1.165, 1.54) is 13.2 Å². The molecule has 0 spiro atoms. The molecule has 0 amide bonds. The van der Waals surface area contributed by atoms with Crippen LogP contribution in [0.4, 0.5) is 4.39 Å². The number of nitrogens with one attached hydrogen (secondary N) is 1. The van der Waals surface area contributed by atoms with E-state index in [9.17, 15) is 9.50 Å². The van der Waals surface area contributed by atoms with E-state index in [0.29, 0.717) is 6.54 Å². The lowest BCUT2D eigenvalue weighted by Crippen LogP contribution is -2.41. The topological polar surface area (TPSA) is 41.5 Å². The molecular formula is C14H20FNO2. The van der Waals surface area contributed by atoms with Crippen LogP contribution in [0, 0.1) is 5.82 Å². The summed E-state index contributed by atoms with van der Waals surface area (Å²) in [4.78, 5) is 0. The van der Waals surface area contributed by atoms with Crippen molar-refractivity contribution < 1.29 is 14.2 Å². The van der Waals surface area contributed by atoms with Gasteiger partial charge in [-0.2, -0.15) is 0 Å². The number of halogens is 1. The van der Waals surface area contributed by atoms with Gasteiger partial charge in [0.1, 0.15) is 0 Å². The Bertz CT molecular complexity index is 397. The van der Waals surface area contributed by atoms with Crippen LogP contribution in [0.3, 0.4) is 0 Å². The Morgan fingerprint density at radius 3 is 2.83 bits per heavy atom. The SMILES string of the molecule is COc1ccc(CN[C@H]2CCCC[C@H]2O)cc1F. The Hall–Kier alpha value is -1.13. The highest BCUT2D eigenvalue weighted by Gasteiger charge is 2.22. The Labute approximate surface area is 107 Å². The average molecular weight is 253 g/mol. The van der Waals surface area contributed by atoms with Crippen LogP contribution in [0.15, 0.2) is 18.2 Å². The number of hydrogen-bond donors (Lipinski definition) is 2. The van der Waals surface area contributed by atoms with Gasteiger partial charge in [-0.05, 0) is 30.5 Å². The van der Waals surface area contributed by atoms with E-state index in [1.54, 1.807) is 6.07 Å². The number of methoxy groups -OCH3 is 1. The molecule has 2 atom stereocenters. The maximum atomic E-state index is 13.5. The van der Waals surface area contributed by atoms with Crippen molar-refractivity contribution in [2.45, 2.75) is 44.4 Å². The van der Waals surface area contributed by atoms with Gasteiger partial charge >= 0.3 is 0 Å². The fourth-order valence-corrected chi connectivity index (χ4v) is 2.42. The van der Waals surface area contributed by atoms with Crippen molar-refractivity contribution >= 4 is 0 Å². The van der Waals surface area contributed by atoms with Crippen LogP contribution in [0.5, 0.6) is 5.75 Å². The van der Waals surface area contributed by atoms with Gasteiger partial charge in [0.2, 0.25) is 0 Å². The molecule has 4 heteroatoms. The second kappa shape index (κ2) is 6.16. The van der Waals surface area contributed by atoms with Crippen molar-refractivity contribution in [3.05, 3.63) is 29.6 Å². The molecule has 0 bridgehead atoms. The summed E-state index contributed by atoms with van der Waals surface area (Å²) in [6, 6.07) is 5.07. The molecule has 0 aromatic heterocycles. The molecule has 0 aliphatic heterocycles. The summed E-state index contributed by atoms with van der Waals surface area (Å²) in [5.74, 6) is -0.0857. The number of hydrogen-bond acceptors (Lipinski definition) is 3. The van der Waals surface area contributed by atoms with Gasteiger partial charge in [0.05, 0.1) is 13.2 Å². The highest BCUT2D eigenvalue weighted by molar-refractivity contribution is 5.29. The van der Waals surface area contributed by atoms with Crippen LogP contribution in [-0.4, -0.2) is 24.4 Å². The molecule has 1 aliphatic carbocycles. The molecule has 1 aromatic carbocycles. The minimum atomic E-state index is -0.346. The van der Waals surface area contributed by atoms with Crippen molar-refractivity contribution in [3.8, 4) is 5.75 Å². The van der Waals surface area contributed by atoms with Crippen LogP contribution in [0.1, 0.15) is 31.2 Å². The maximum absolute atomic E-state index is 13.5. The highest BCUT2D eigenvalue weighted by atomic mass is 19.1. The van der Waals surface area contributed by atoms with E-state index in [0.717, 1.165) is 31.2 Å². The van der Waals surface area contributed by atoms with Crippen LogP contribution >= 0.6 is 0 Å². The predicted molar refractivity (Wildman–Crippen MR) is 68.1 cm³/mol. The summed E-state index contributed by atoms with van der Waals surface area (Å²) in [6.45, 7) is 0.572. The third kappa shape index (κ3) is 3.21. The minimum Gasteiger partial charge on any atom is -0.494 e. The van der Waals surface area contributed by atoms with E-state index < -0.39 is 0 Å². The molecule has 2 N–H and O–H groups in total. The number of rotatable bonds is 4. The standard InChI is InChI=1S/C14H20FNO2/c1-18-14-7-6-10(8-11(14)15)9-16-12-4-2-3-5-13(12)17/h6-8,12-13,16-17H,2-5,9H2,1H3/t12-,13+/m0/s1. The molecule has 18 heavy (non-hydrogen) atoms. The maximum Gasteiger partial charge on any atom is 0.165 e. The smallest absolute Gasteiger partial charge is 0.165 e. The van der Waals surface area contributed by atoms with Crippen molar-refractivity contribution in [3.63, 3.8) is 0 Å². The van der Waals surface area contributed by atoms with Crippen molar-refractivity contribution in [2.24, 2.45) is 0 Å². The van der Waals surface area contributed by atoms with Gasteiger partial charge in [-0.25, -0.2) is 4.39 Å². The largest absolute Gasteiger partial charge is 0.494 e. The van der Waals surface area contributed by atoms with E-state index >= 15 is 0 Å². The van der Waals surface area contributed by atoms with Gasteiger partial charge in [0.25, 0.3) is 0 Å². The molecule has 100 valence electrons. The number of ether oxygens (including phenoxy) is 1. The van der Waals surface area contributed by atoms with Gasteiger partial charge in [-0.15, -0.1) is 0 Å². The monoisotopic (exact) mass is 253 g/mol. The number of aliphatic hydroxyl groups excluding tert-OH is 1. The summed E-state index contributed by atoms with van der Waals surface area (Å²) in [7, 11) is 1.45. The molecule has 3 nitrogen and oxygen atoms in total. The Kier molecular flexibility index (Phi) is 4.55. The fraction of sp³-hybridized carbons (Fsp3) is 0.571. The molecule has 1 aliphatic rings. The van der Waals surface area contributed by atoms with Crippen LogP contribution < -0.4 is 10.1 Å². The molecule has 2 rings (SSSR count). The quantitative estimate of drug-likeness (QED) is 0.864. The molecule has 0 radical (unpaired) electrons. The minimum absolute atomic E-state index is 0.129. The number of benzene rings is 1. The Balaban J connectivity index is 1.91. The van der Waals surface area contributed by atoms with E-state index in [-0.39, 0.29) is 23.7 Å². The normalized spacial score (nSPS) is 23.9. The third-order valence-corrected chi connectivity index (χ3v) is 3.51. The van der Waals surface area contributed by atoms with Crippen molar-refractivity contribution in [2.75, 3.05) is 7.11 Å². The molecule has 0 unspecified atom stereocenters. The Morgan fingerprint density at radius 1 is 1.39 bits per heavy atom. The summed E-state index contributed by atoms with van der Waals surface area (Å²) in [5, 5.41) is 13.1. The summed E-state index contributed by atoms with van der Waals surface area (Å²) in [6.07, 6.45) is 3.80. The first kappa shape index (κ1) is 13.3. The second-order valence-electron chi connectivity index (χ2n) is 4.81. The average Bonchev–Trinajstić information content (AvgIpc) is 2.38. The summed E-state index contributed by atoms with van der Waals surface area (Å²) < 4.78 is 18.4. The number of aliphatic hydroxyl groups is 1.